The third kappa shape index (κ3) is 4.55. The Labute approximate surface area is 192 Å². The van der Waals surface area contributed by atoms with Gasteiger partial charge in [-0.25, -0.2) is 19.3 Å². The Morgan fingerprint density at radius 1 is 1.33 bits per heavy atom. The van der Waals surface area contributed by atoms with Gasteiger partial charge in [-0.1, -0.05) is 12.1 Å². The number of H-pyrrole nitrogens is 1. The molecule has 4 rings (SSSR count). The molecule has 0 spiro atoms. The first-order valence-electron chi connectivity index (χ1n) is 10.9. The van der Waals surface area contributed by atoms with Crippen molar-refractivity contribution >= 4 is 40.2 Å². The molecule has 0 saturated carbocycles. The summed E-state index contributed by atoms with van der Waals surface area (Å²) in [6, 6.07) is 6.43. The summed E-state index contributed by atoms with van der Waals surface area (Å²) in [5.41, 5.74) is 5.61. The number of aryl methyl sites for hydroxylation is 1. The first-order valence-corrected chi connectivity index (χ1v) is 10.9. The fourth-order valence-corrected chi connectivity index (χ4v) is 3.95. The van der Waals surface area contributed by atoms with Gasteiger partial charge in [0, 0.05) is 29.7 Å². The Kier molecular flexibility index (Phi) is 6.35. The quantitative estimate of drug-likeness (QED) is 0.266. The molecule has 0 aliphatic heterocycles. The molecule has 0 fully saturated rings. The van der Waals surface area contributed by atoms with Crippen molar-refractivity contribution in [1.82, 2.24) is 24.5 Å². The van der Waals surface area contributed by atoms with E-state index in [2.05, 4.69) is 82.1 Å². The number of fused-ring (bicyclic) bond motifs is 2. The van der Waals surface area contributed by atoms with Crippen LogP contribution in [0.4, 0.5) is 10.2 Å². The number of aromatic nitrogens is 5. The number of anilines is 1. The van der Waals surface area contributed by atoms with E-state index in [4.69, 9.17) is 0 Å². The van der Waals surface area contributed by atoms with Crippen LogP contribution in [0.25, 0.3) is 27.6 Å². The fourth-order valence-electron chi connectivity index (χ4n) is 3.95. The SMILES string of the molecule is C=N/C=C(F)\C=C(/C)c1nc(NCCc2c[nH]c3cccc(C)c23)c2ncn(C(C)C)c2n1. The van der Waals surface area contributed by atoms with Crippen LogP contribution in [0.1, 0.15) is 43.8 Å². The molecule has 1 aromatic carbocycles. The Morgan fingerprint density at radius 2 is 2.15 bits per heavy atom. The van der Waals surface area contributed by atoms with Crippen LogP contribution in [0.3, 0.4) is 0 Å². The van der Waals surface area contributed by atoms with Crippen molar-refractivity contribution < 1.29 is 4.39 Å². The average molecular weight is 446 g/mol. The molecule has 2 N–H and O–H groups in total. The van der Waals surface area contributed by atoms with Crippen LogP contribution in [0, 0.1) is 6.92 Å². The number of rotatable bonds is 8. The molecule has 4 aromatic rings. The lowest BCUT2D eigenvalue weighted by molar-refractivity contribution is 0.612. The van der Waals surface area contributed by atoms with Crippen LogP contribution in [0.2, 0.25) is 0 Å². The number of hydrogen-bond acceptors (Lipinski definition) is 5. The molecule has 3 heterocycles. The molecule has 0 saturated heterocycles. The molecule has 7 nitrogen and oxygen atoms in total. The van der Waals surface area contributed by atoms with Gasteiger partial charge in [0.25, 0.3) is 0 Å². The van der Waals surface area contributed by atoms with E-state index < -0.39 is 5.83 Å². The van der Waals surface area contributed by atoms with Gasteiger partial charge >= 0.3 is 0 Å². The first-order chi connectivity index (χ1) is 15.9. The van der Waals surface area contributed by atoms with Gasteiger partial charge < -0.3 is 14.9 Å². The Morgan fingerprint density at radius 3 is 2.91 bits per heavy atom. The smallest absolute Gasteiger partial charge is 0.166 e. The van der Waals surface area contributed by atoms with Gasteiger partial charge in [0.05, 0.1) is 12.5 Å². The highest BCUT2D eigenvalue weighted by Gasteiger charge is 2.16. The predicted octanol–water partition coefficient (Wildman–Crippen LogP) is 5.77. The molecule has 0 bridgehead atoms. The van der Waals surface area contributed by atoms with E-state index >= 15 is 0 Å². The molecule has 0 aliphatic carbocycles. The fraction of sp³-hybridized carbons (Fsp3) is 0.280. The minimum Gasteiger partial charge on any atom is -0.368 e. The summed E-state index contributed by atoms with van der Waals surface area (Å²) in [7, 11) is 0. The minimum absolute atomic E-state index is 0.172. The zero-order chi connectivity index (χ0) is 23.5. The maximum absolute atomic E-state index is 14.0. The van der Waals surface area contributed by atoms with Crippen LogP contribution in [-0.4, -0.2) is 37.8 Å². The van der Waals surface area contributed by atoms with Gasteiger partial charge in [-0.2, -0.15) is 0 Å². The molecule has 170 valence electrons. The van der Waals surface area contributed by atoms with Crippen molar-refractivity contribution in [3.63, 3.8) is 0 Å². The van der Waals surface area contributed by atoms with Gasteiger partial charge in [-0.05, 0) is 69.7 Å². The van der Waals surface area contributed by atoms with Crippen LogP contribution >= 0.6 is 0 Å². The van der Waals surface area contributed by atoms with E-state index in [-0.39, 0.29) is 6.04 Å². The zero-order valence-electron chi connectivity index (χ0n) is 19.4. The summed E-state index contributed by atoms with van der Waals surface area (Å²) in [5, 5.41) is 4.69. The normalized spacial score (nSPS) is 12.8. The highest BCUT2D eigenvalue weighted by molar-refractivity contribution is 5.87. The molecule has 0 unspecified atom stereocenters. The van der Waals surface area contributed by atoms with Crippen LogP contribution in [-0.2, 0) is 6.42 Å². The number of aliphatic imine (C=N–C) groups is 1. The number of nitrogens with zero attached hydrogens (tertiary/aromatic N) is 5. The van der Waals surface area contributed by atoms with Crippen molar-refractivity contribution in [2.75, 3.05) is 11.9 Å². The van der Waals surface area contributed by atoms with Gasteiger partial charge in [-0.3, -0.25) is 4.99 Å². The number of hydrogen-bond donors (Lipinski definition) is 2. The topological polar surface area (TPSA) is 83.8 Å². The van der Waals surface area contributed by atoms with Crippen molar-refractivity contribution in [3.05, 3.63) is 65.8 Å². The lowest BCUT2D eigenvalue weighted by Gasteiger charge is -2.11. The Bertz CT molecular complexity index is 1370. The average Bonchev–Trinajstić information content (AvgIpc) is 3.39. The van der Waals surface area contributed by atoms with E-state index in [1.54, 1.807) is 13.3 Å². The largest absolute Gasteiger partial charge is 0.368 e. The summed E-state index contributed by atoms with van der Waals surface area (Å²) in [4.78, 5) is 20.7. The summed E-state index contributed by atoms with van der Waals surface area (Å²) < 4.78 is 16.0. The van der Waals surface area contributed by atoms with Crippen molar-refractivity contribution in [2.24, 2.45) is 4.99 Å². The third-order valence-corrected chi connectivity index (χ3v) is 5.58. The number of imidazole rings is 1. The van der Waals surface area contributed by atoms with Gasteiger partial charge in [0.1, 0.15) is 11.3 Å². The second-order valence-corrected chi connectivity index (χ2v) is 8.33. The molecular weight excluding hydrogens is 417 g/mol. The van der Waals surface area contributed by atoms with E-state index in [0.29, 0.717) is 34.9 Å². The van der Waals surface area contributed by atoms with Gasteiger partial charge in [0.2, 0.25) is 0 Å². The van der Waals surface area contributed by atoms with Crippen LogP contribution in [0.5, 0.6) is 0 Å². The maximum Gasteiger partial charge on any atom is 0.166 e. The second-order valence-electron chi connectivity index (χ2n) is 8.33. The van der Waals surface area contributed by atoms with Crippen molar-refractivity contribution in [3.8, 4) is 0 Å². The number of benzene rings is 1. The Balaban J connectivity index is 1.67. The summed E-state index contributed by atoms with van der Waals surface area (Å²) in [5.74, 6) is 0.556. The van der Waals surface area contributed by atoms with Crippen molar-refractivity contribution in [1.29, 1.82) is 0 Å². The van der Waals surface area contributed by atoms with Gasteiger partial charge in [0.15, 0.2) is 17.3 Å². The molecule has 0 atom stereocenters. The number of aromatic amines is 1. The lowest BCUT2D eigenvalue weighted by atomic mass is 10.1. The maximum atomic E-state index is 14.0. The summed E-state index contributed by atoms with van der Waals surface area (Å²) in [6.45, 7) is 12.0. The van der Waals surface area contributed by atoms with Crippen LogP contribution < -0.4 is 5.32 Å². The molecule has 0 aliphatic rings. The summed E-state index contributed by atoms with van der Waals surface area (Å²) >= 11 is 0. The first kappa shape index (κ1) is 22.4. The minimum atomic E-state index is -0.507. The van der Waals surface area contributed by atoms with E-state index in [1.807, 2.05) is 4.57 Å². The third-order valence-electron chi connectivity index (χ3n) is 5.58. The zero-order valence-corrected chi connectivity index (χ0v) is 19.4. The van der Waals surface area contributed by atoms with E-state index in [1.165, 1.54) is 22.6 Å². The highest BCUT2D eigenvalue weighted by atomic mass is 19.1. The molecule has 0 amide bonds. The monoisotopic (exact) mass is 445 g/mol. The van der Waals surface area contributed by atoms with Crippen LogP contribution in [0.15, 0.2) is 53.8 Å². The van der Waals surface area contributed by atoms with E-state index in [9.17, 15) is 4.39 Å². The molecule has 8 heteroatoms. The van der Waals surface area contributed by atoms with E-state index in [0.717, 1.165) is 18.1 Å². The molecule has 3 aromatic heterocycles. The number of allylic oxidation sites excluding steroid dienone is 3. The Hall–Kier alpha value is -3.81. The van der Waals surface area contributed by atoms with Gasteiger partial charge in [-0.15, -0.1) is 0 Å². The second kappa shape index (κ2) is 9.36. The standard InChI is InChI=1S/C25H28FN7/c1-15(2)33-14-30-22-24(31-23(32-25(22)33)17(4)11-19(26)13-27-5)28-10-9-18-12-29-20-8-6-7-16(3)21(18)20/h6-8,11-15,29H,5,9-10H2,1-4H3,(H,28,31,32)/b17-11+,19-13+. The molecule has 33 heavy (non-hydrogen) atoms. The number of halogens is 1. The lowest BCUT2D eigenvalue weighted by Crippen LogP contribution is -2.10. The van der Waals surface area contributed by atoms with Crippen molar-refractivity contribution in [2.45, 2.75) is 40.2 Å². The highest BCUT2D eigenvalue weighted by Crippen LogP contribution is 2.26. The number of nitrogens with one attached hydrogen (secondary N) is 2. The predicted molar refractivity (Wildman–Crippen MR) is 133 cm³/mol. The summed E-state index contributed by atoms with van der Waals surface area (Å²) in [6.07, 6.45) is 7.05. The molecular formula is C25H28FN7. The molecule has 0 radical (unpaired) electrons.